The van der Waals surface area contributed by atoms with Crippen LogP contribution >= 0.6 is 11.6 Å². The maximum Gasteiger partial charge on any atom is 0.125 e. The van der Waals surface area contributed by atoms with Crippen molar-refractivity contribution >= 4 is 11.6 Å². The number of unbranched alkanes of at least 4 members (excludes halogenated alkanes) is 1. The first kappa shape index (κ1) is 16.6. The summed E-state index contributed by atoms with van der Waals surface area (Å²) in [4.78, 5) is 0. The predicted molar refractivity (Wildman–Crippen MR) is 90.5 cm³/mol. The third-order valence-electron chi connectivity index (χ3n) is 4.70. The molecule has 0 aliphatic carbocycles. The van der Waals surface area contributed by atoms with Crippen LogP contribution < -0.4 is 10.1 Å². The summed E-state index contributed by atoms with van der Waals surface area (Å²) in [6, 6.07) is 2.44. The van der Waals surface area contributed by atoms with Gasteiger partial charge in [-0.1, -0.05) is 31.9 Å². The van der Waals surface area contributed by atoms with E-state index in [4.69, 9.17) is 16.3 Å². The molecule has 2 unspecified atom stereocenters. The smallest absolute Gasteiger partial charge is 0.125 e. The second kappa shape index (κ2) is 6.58. The van der Waals surface area contributed by atoms with Crippen LogP contribution in [0.3, 0.4) is 0 Å². The van der Waals surface area contributed by atoms with Crippen LogP contribution in [0.5, 0.6) is 5.75 Å². The van der Waals surface area contributed by atoms with Gasteiger partial charge in [-0.05, 0) is 57.4 Å². The summed E-state index contributed by atoms with van der Waals surface area (Å²) in [7, 11) is 0. The molecule has 0 fully saturated rings. The van der Waals surface area contributed by atoms with Gasteiger partial charge in [-0.2, -0.15) is 0 Å². The highest BCUT2D eigenvalue weighted by molar-refractivity contribution is 6.32. The van der Waals surface area contributed by atoms with E-state index in [-0.39, 0.29) is 5.60 Å². The normalized spacial score (nSPS) is 24.6. The van der Waals surface area contributed by atoms with Crippen LogP contribution in [0.1, 0.15) is 69.2 Å². The zero-order valence-corrected chi connectivity index (χ0v) is 14.7. The zero-order valence-electron chi connectivity index (χ0n) is 14.0. The SMILES string of the molecule is CCCCNC1CC(C)(CC)Oc2cc(C)c(Cl)c(C)c21. The number of hydrogen-bond acceptors (Lipinski definition) is 2. The van der Waals surface area contributed by atoms with Gasteiger partial charge in [0.15, 0.2) is 0 Å². The fourth-order valence-electron chi connectivity index (χ4n) is 3.14. The Kier molecular flexibility index (Phi) is 5.21. The number of aryl methyl sites for hydroxylation is 1. The summed E-state index contributed by atoms with van der Waals surface area (Å²) in [6.07, 6.45) is 4.43. The van der Waals surface area contributed by atoms with Crippen molar-refractivity contribution in [1.29, 1.82) is 0 Å². The van der Waals surface area contributed by atoms with Crippen molar-refractivity contribution in [1.82, 2.24) is 5.32 Å². The molecule has 0 aromatic heterocycles. The van der Waals surface area contributed by atoms with Gasteiger partial charge < -0.3 is 10.1 Å². The van der Waals surface area contributed by atoms with Gasteiger partial charge in [0, 0.05) is 23.0 Å². The average molecular weight is 310 g/mol. The largest absolute Gasteiger partial charge is 0.487 e. The summed E-state index contributed by atoms with van der Waals surface area (Å²) in [5, 5.41) is 4.59. The van der Waals surface area contributed by atoms with E-state index in [0.29, 0.717) is 6.04 Å². The van der Waals surface area contributed by atoms with Crippen LogP contribution in [0.4, 0.5) is 0 Å². The van der Waals surface area contributed by atoms with Gasteiger partial charge in [0.25, 0.3) is 0 Å². The maximum atomic E-state index is 6.46. The van der Waals surface area contributed by atoms with Crippen LogP contribution in [0.25, 0.3) is 0 Å². The van der Waals surface area contributed by atoms with Crippen LogP contribution in [0.2, 0.25) is 5.02 Å². The van der Waals surface area contributed by atoms with Crippen molar-refractivity contribution in [3.05, 3.63) is 27.8 Å². The molecule has 1 N–H and O–H groups in total. The molecule has 2 atom stereocenters. The molecule has 1 aliphatic rings. The van der Waals surface area contributed by atoms with Crippen LogP contribution in [-0.4, -0.2) is 12.1 Å². The predicted octanol–water partition coefficient (Wildman–Crippen LogP) is 5.34. The fourth-order valence-corrected chi connectivity index (χ4v) is 3.30. The number of nitrogens with one attached hydrogen (secondary N) is 1. The Bertz CT molecular complexity index is 514. The summed E-state index contributed by atoms with van der Waals surface area (Å²) in [5.41, 5.74) is 3.43. The molecular weight excluding hydrogens is 282 g/mol. The van der Waals surface area contributed by atoms with Gasteiger partial charge in [-0.15, -0.1) is 0 Å². The average Bonchev–Trinajstić information content (AvgIpc) is 2.44. The molecule has 21 heavy (non-hydrogen) atoms. The van der Waals surface area contributed by atoms with E-state index < -0.39 is 0 Å². The van der Waals surface area contributed by atoms with E-state index in [9.17, 15) is 0 Å². The van der Waals surface area contributed by atoms with Crippen LogP contribution in [-0.2, 0) is 0 Å². The molecule has 0 radical (unpaired) electrons. The molecule has 0 spiro atoms. The van der Waals surface area contributed by atoms with Crippen molar-refractivity contribution in [2.24, 2.45) is 0 Å². The van der Waals surface area contributed by atoms with Gasteiger partial charge in [0.1, 0.15) is 11.4 Å². The fraction of sp³-hybridized carbons (Fsp3) is 0.667. The molecule has 0 bridgehead atoms. The number of benzene rings is 1. The van der Waals surface area contributed by atoms with E-state index in [1.165, 1.54) is 24.0 Å². The molecule has 0 saturated carbocycles. The lowest BCUT2D eigenvalue weighted by molar-refractivity contribution is 0.0439. The monoisotopic (exact) mass is 309 g/mol. The minimum absolute atomic E-state index is 0.0937. The Morgan fingerprint density at radius 2 is 2.10 bits per heavy atom. The molecule has 1 aliphatic heterocycles. The van der Waals surface area contributed by atoms with Gasteiger partial charge in [0.2, 0.25) is 0 Å². The molecule has 1 heterocycles. The summed E-state index contributed by atoms with van der Waals surface area (Å²) >= 11 is 6.46. The standard InChI is InChI=1S/C18H28ClNO/c1-6-8-9-20-14-11-18(5,7-2)21-15-10-12(3)17(19)13(4)16(14)15/h10,14,20H,6-9,11H2,1-5H3. The molecule has 1 aromatic carbocycles. The lowest BCUT2D eigenvalue weighted by atomic mass is 9.84. The lowest BCUT2D eigenvalue weighted by Crippen LogP contribution is -2.42. The Morgan fingerprint density at radius 3 is 2.71 bits per heavy atom. The molecular formula is C18H28ClNO. The number of ether oxygens (including phenoxy) is 1. The summed E-state index contributed by atoms with van der Waals surface area (Å²) in [5.74, 6) is 1.01. The van der Waals surface area contributed by atoms with Crippen LogP contribution in [0.15, 0.2) is 6.07 Å². The van der Waals surface area contributed by atoms with Gasteiger partial charge in [0.05, 0.1) is 0 Å². The number of rotatable bonds is 5. The Morgan fingerprint density at radius 1 is 1.38 bits per heavy atom. The van der Waals surface area contributed by atoms with Gasteiger partial charge in [-0.25, -0.2) is 0 Å². The van der Waals surface area contributed by atoms with E-state index in [1.54, 1.807) is 0 Å². The Balaban J connectivity index is 2.40. The first-order chi connectivity index (χ1) is 9.91. The number of hydrogen-bond donors (Lipinski definition) is 1. The quantitative estimate of drug-likeness (QED) is 0.741. The third kappa shape index (κ3) is 3.37. The van der Waals surface area contributed by atoms with Crippen molar-refractivity contribution in [2.75, 3.05) is 6.54 Å². The molecule has 3 heteroatoms. The topological polar surface area (TPSA) is 21.3 Å². The highest BCUT2D eigenvalue weighted by Crippen LogP contribution is 2.45. The lowest BCUT2D eigenvalue weighted by Gasteiger charge is -2.41. The first-order valence-corrected chi connectivity index (χ1v) is 8.51. The molecule has 2 nitrogen and oxygen atoms in total. The summed E-state index contributed by atoms with van der Waals surface area (Å²) in [6.45, 7) is 11.8. The van der Waals surface area contributed by atoms with Crippen molar-refractivity contribution in [3.63, 3.8) is 0 Å². The van der Waals surface area contributed by atoms with Gasteiger partial charge >= 0.3 is 0 Å². The highest BCUT2D eigenvalue weighted by Gasteiger charge is 2.37. The third-order valence-corrected chi connectivity index (χ3v) is 5.28. The molecule has 2 rings (SSSR count). The van der Waals surface area contributed by atoms with Crippen molar-refractivity contribution < 1.29 is 4.74 Å². The highest BCUT2D eigenvalue weighted by atomic mass is 35.5. The Hall–Kier alpha value is -0.730. The van der Waals surface area contributed by atoms with E-state index >= 15 is 0 Å². The second-order valence-corrected chi connectivity index (χ2v) is 6.89. The Labute approximate surface area is 134 Å². The van der Waals surface area contributed by atoms with Crippen LogP contribution in [0, 0.1) is 13.8 Å². The molecule has 0 saturated heterocycles. The van der Waals surface area contributed by atoms with E-state index in [0.717, 1.165) is 35.7 Å². The molecule has 1 aromatic rings. The van der Waals surface area contributed by atoms with Crippen molar-refractivity contribution in [2.45, 2.75) is 71.9 Å². The van der Waals surface area contributed by atoms with Gasteiger partial charge in [-0.3, -0.25) is 0 Å². The number of fused-ring (bicyclic) bond motifs is 1. The first-order valence-electron chi connectivity index (χ1n) is 8.14. The molecule has 118 valence electrons. The summed E-state index contributed by atoms with van der Waals surface area (Å²) < 4.78 is 6.32. The maximum absolute atomic E-state index is 6.46. The second-order valence-electron chi connectivity index (χ2n) is 6.51. The minimum atomic E-state index is -0.0937. The van der Waals surface area contributed by atoms with Crippen molar-refractivity contribution in [3.8, 4) is 5.75 Å². The van der Waals surface area contributed by atoms with E-state index in [2.05, 4.69) is 46.0 Å². The minimum Gasteiger partial charge on any atom is -0.487 e. The zero-order chi connectivity index (χ0) is 15.6. The van der Waals surface area contributed by atoms with E-state index in [1.807, 2.05) is 0 Å². The number of halogens is 1. The molecule has 0 amide bonds.